The molecule has 2 nitrogen and oxygen atoms in total. The molecular weight excluding hydrogens is 224 g/mol. The van der Waals surface area contributed by atoms with E-state index in [1.54, 1.807) is 0 Å². The van der Waals surface area contributed by atoms with Crippen molar-refractivity contribution in [2.24, 2.45) is 0 Å². The molecule has 0 atom stereocenters. The molecule has 0 spiro atoms. The van der Waals surface area contributed by atoms with Crippen LogP contribution in [0.15, 0.2) is 51.7 Å². The lowest BCUT2D eigenvalue weighted by molar-refractivity contribution is 0.658. The quantitative estimate of drug-likeness (QED) is 0.598. The van der Waals surface area contributed by atoms with E-state index in [9.17, 15) is 4.79 Å². The van der Waals surface area contributed by atoms with Crippen LogP contribution in [0.2, 0.25) is 0 Å². The molecule has 18 heavy (non-hydrogen) atoms. The van der Waals surface area contributed by atoms with Crippen LogP contribution in [0, 0.1) is 0 Å². The summed E-state index contributed by atoms with van der Waals surface area (Å²) in [6, 6.07) is 13.2. The molecule has 1 heterocycles. The summed E-state index contributed by atoms with van der Waals surface area (Å²) in [4.78, 5) is 12.6. The standard InChI is InChI=1S/C16H14O2/c1-10(2)11-7-5-9-14-15(11)16(17)12-6-3-4-8-13(12)18-14/h3-10H,1-2H3. The zero-order valence-electron chi connectivity index (χ0n) is 10.4. The van der Waals surface area contributed by atoms with E-state index in [-0.39, 0.29) is 5.43 Å². The molecule has 0 bridgehead atoms. The maximum atomic E-state index is 12.6. The zero-order chi connectivity index (χ0) is 12.7. The number of fused-ring (bicyclic) bond motifs is 2. The van der Waals surface area contributed by atoms with E-state index < -0.39 is 0 Å². The monoisotopic (exact) mass is 238 g/mol. The van der Waals surface area contributed by atoms with Gasteiger partial charge in [0.25, 0.3) is 0 Å². The highest BCUT2D eigenvalue weighted by molar-refractivity contribution is 5.91. The van der Waals surface area contributed by atoms with Gasteiger partial charge in [0.1, 0.15) is 11.2 Å². The van der Waals surface area contributed by atoms with Crippen molar-refractivity contribution >= 4 is 21.9 Å². The van der Waals surface area contributed by atoms with Gasteiger partial charge in [-0.3, -0.25) is 4.79 Å². The molecular formula is C16H14O2. The molecule has 1 aromatic heterocycles. The Morgan fingerprint density at radius 2 is 1.67 bits per heavy atom. The summed E-state index contributed by atoms with van der Waals surface area (Å²) in [6.45, 7) is 4.17. The van der Waals surface area contributed by atoms with E-state index in [1.165, 1.54) is 0 Å². The third-order valence-electron chi connectivity index (χ3n) is 3.26. The SMILES string of the molecule is CC(C)c1cccc2oc3ccccc3c(=O)c12. The smallest absolute Gasteiger partial charge is 0.200 e. The minimum Gasteiger partial charge on any atom is -0.456 e. The summed E-state index contributed by atoms with van der Waals surface area (Å²) >= 11 is 0. The highest BCUT2D eigenvalue weighted by Gasteiger charge is 2.12. The van der Waals surface area contributed by atoms with Gasteiger partial charge in [0, 0.05) is 0 Å². The van der Waals surface area contributed by atoms with E-state index in [4.69, 9.17) is 4.42 Å². The molecule has 0 aliphatic rings. The van der Waals surface area contributed by atoms with Crippen LogP contribution in [0.3, 0.4) is 0 Å². The van der Waals surface area contributed by atoms with Crippen molar-refractivity contribution in [3.63, 3.8) is 0 Å². The first-order chi connectivity index (χ1) is 8.68. The van der Waals surface area contributed by atoms with E-state index in [0.717, 1.165) is 5.56 Å². The largest absolute Gasteiger partial charge is 0.456 e. The summed E-state index contributed by atoms with van der Waals surface area (Å²) in [5, 5.41) is 1.37. The topological polar surface area (TPSA) is 30.2 Å². The first-order valence-electron chi connectivity index (χ1n) is 6.13. The molecule has 0 fully saturated rings. The Hall–Kier alpha value is -2.09. The number of hydrogen-bond acceptors (Lipinski definition) is 2. The van der Waals surface area contributed by atoms with Crippen LogP contribution in [0.5, 0.6) is 0 Å². The van der Waals surface area contributed by atoms with Crippen LogP contribution in [0.25, 0.3) is 21.9 Å². The fourth-order valence-electron chi connectivity index (χ4n) is 2.35. The number of hydrogen-bond donors (Lipinski definition) is 0. The molecule has 0 aliphatic heterocycles. The molecule has 3 rings (SSSR count). The highest BCUT2D eigenvalue weighted by atomic mass is 16.3. The van der Waals surface area contributed by atoms with Gasteiger partial charge in [-0.2, -0.15) is 0 Å². The Kier molecular flexibility index (Phi) is 2.44. The predicted octanol–water partition coefficient (Wildman–Crippen LogP) is 4.07. The summed E-state index contributed by atoms with van der Waals surface area (Å²) in [5.74, 6) is 0.303. The molecule has 2 heteroatoms. The third kappa shape index (κ3) is 1.53. The lowest BCUT2D eigenvalue weighted by atomic mass is 9.97. The summed E-state index contributed by atoms with van der Waals surface area (Å²) in [5.41, 5.74) is 2.43. The zero-order valence-corrected chi connectivity index (χ0v) is 10.4. The van der Waals surface area contributed by atoms with Gasteiger partial charge < -0.3 is 4.42 Å². The predicted molar refractivity (Wildman–Crippen MR) is 74.1 cm³/mol. The maximum absolute atomic E-state index is 12.6. The Balaban J connectivity index is 2.57. The fraction of sp³-hybridized carbons (Fsp3) is 0.188. The van der Waals surface area contributed by atoms with Crippen LogP contribution in [-0.2, 0) is 0 Å². The van der Waals surface area contributed by atoms with Crippen molar-refractivity contribution in [2.45, 2.75) is 19.8 Å². The van der Waals surface area contributed by atoms with Crippen molar-refractivity contribution in [3.05, 3.63) is 58.3 Å². The van der Waals surface area contributed by atoms with Gasteiger partial charge in [0.05, 0.1) is 10.8 Å². The van der Waals surface area contributed by atoms with Gasteiger partial charge in [0.15, 0.2) is 0 Å². The molecule has 3 aromatic rings. The van der Waals surface area contributed by atoms with Crippen LogP contribution in [0.4, 0.5) is 0 Å². The van der Waals surface area contributed by atoms with Gasteiger partial charge in [-0.15, -0.1) is 0 Å². The second-order valence-corrected chi connectivity index (χ2v) is 4.80. The Labute approximate surface area is 105 Å². The maximum Gasteiger partial charge on any atom is 0.200 e. The molecule has 0 unspecified atom stereocenters. The second-order valence-electron chi connectivity index (χ2n) is 4.80. The molecule has 0 N–H and O–H groups in total. The van der Waals surface area contributed by atoms with Gasteiger partial charge in [0.2, 0.25) is 5.43 Å². The fourth-order valence-corrected chi connectivity index (χ4v) is 2.35. The van der Waals surface area contributed by atoms with E-state index in [1.807, 2.05) is 42.5 Å². The van der Waals surface area contributed by atoms with E-state index >= 15 is 0 Å². The number of rotatable bonds is 1. The van der Waals surface area contributed by atoms with Crippen molar-refractivity contribution in [1.82, 2.24) is 0 Å². The second kappa shape index (κ2) is 3.98. The average Bonchev–Trinajstić information content (AvgIpc) is 2.38. The lowest BCUT2D eigenvalue weighted by Gasteiger charge is -2.09. The van der Waals surface area contributed by atoms with Crippen molar-refractivity contribution in [2.75, 3.05) is 0 Å². The minimum absolute atomic E-state index is 0.0659. The number of para-hydroxylation sites is 1. The molecule has 0 amide bonds. The molecule has 0 saturated heterocycles. The van der Waals surface area contributed by atoms with Crippen LogP contribution < -0.4 is 5.43 Å². The lowest BCUT2D eigenvalue weighted by Crippen LogP contribution is -2.05. The Bertz CT molecular complexity index is 782. The van der Waals surface area contributed by atoms with Gasteiger partial charge >= 0.3 is 0 Å². The summed E-state index contributed by atoms with van der Waals surface area (Å²) in [6.07, 6.45) is 0. The Morgan fingerprint density at radius 1 is 0.944 bits per heavy atom. The molecule has 2 aromatic carbocycles. The summed E-state index contributed by atoms with van der Waals surface area (Å²) < 4.78 is 5.82. The van der Waals surface area contributed by atoms with Crippen molar-refractivity contribution < 1.29 is 4.42 Å². The van der Waals surface area contributed by atoms with E-state index in [2.05, 4.69) is 13.8 Å². The van der Waals surface area contributed by atoms with Crippen LogP contribution >= 0.6 is 0 Å². The van der Waals surface area contributed by atoms with Gasteiger partial charge in [-0.1, -0.05) is 38.1 Å². The highest BCUT2D eigenvalue weighted by Crippen LogP contribution is 2.25. The minimum atomic E-state index is 0.0659. The molecule has 0 saturated carbocycles. The molecule has 0 aliphatic carbocycles. The molecule has 0 radical (unpaired) electrons. The normalized spacial score (nSPS) is 11.5. The van der Waals surface area contributed by atoms with Crippen LogP contribution in [0.1, 0.15) is 25.3 Å². The van der Waals surface area contributed by atoms with Gasteiger partial charge in [-0.25, -0.2) is 0 Å². The van der Waals surface area contributed by atoms with Crippen molar-refractivity contribution in [1.29, 1.82) is 0 Å². The Morgan fingerprint density at radius 3 is 2.44 bits per heavy atom. The summed E-state index contributed by atoms with van der Waals surface area (Å²) in [7, 11) is 0. The van der Waals surface area contributed by atoms with Crippen LogP contribution in [-0.4, -0.2) is 0 Å². The van der Waals surface area contributed by atoms with E-state index in [0.29, 0.717) is 27.9 Å². The van der Waals surface area contributed by atoms with Crippen molar-refractivity contribution in [3.8, 4) is 0 Å². The number of benzene rings is 2. The first kappa shape index (κ1) is 11.0. The first-order valence-corrected chi connectivity index (χ1v) is 6.13. The van der Waals surface area contributed by atoms with Gasteiger partial charge in [-0.05, 0) is 29.7 Å². The average molecular weight is 238 g/mol. The third-order valence-corrected chi connectivity index (χ3v) is 3.26. The molecule has 90 valence electrons.